The number of piperidine rings is 1. The van der Waals surface area contributed by atoms with Crippen LogP contribution in [0, 0.1) is 0 Å². The van der Waals surface area contributed by atoms with E-state index in [1.807, 2.05) is 0 Å². The Morgan fingerprint density at radius 2 is 2.40 bits per heavy atom. The Kier molecular flexibility index (Phi) is 3.03. The monoisotopic (exact) mass is 230 g/mol. The summed E-state index contributed by atoms with van der Waals surface area (Å²) in [7, 11) is -3.42. The normalized spacial score (nSPS) is 22.8. The van der Waals surface area contributed by atoms with E-state index in [9.17, 15) is 8.42 Å². The molecule has 2 rings (SSSR count). The summed E-state index contributed by atoms with van der Waals surface area (Å²) < 4.78 is 26.1. The number of nitrogens with zero attached hydrogens (tertiary/aromatic N) is 1. The number of aromatic nitrogens is 2. The summed E-state index contributed by atoms with van der Waals surface area (Å²) >= 11 is 0. The van der Waals surface area contributed by atoms with Crippen LogP contribution in [0.1, 0.15) is 12.8 Å². The van der Waals surface area contributed by atoms with Crippen molar-refractivity contribution in [2.75, 3.05) is 13.1 Å². The van der Waals surface area contributed by atoms with Crippen molar-refractivity contribution in [3.05, 3.63) is 12.5 Å². The van der Waals surface area contributed by atoms with E-state index in [2.05, 4.69) is 20.0 Å². The zero-order valence-corrected chi connectivity index (χ0v) is 9.05. The highest BCUT2D eigenvalue weighted by Gasteiger charge is 2.22. The lowest BCUT2D eigenvalue weighted by Gasteiger charge is -2.23. The molecule has 0 aliphatic carbocycles. The lowest BCUT2D eigenvalue weighted by Crippen LogP contribution is -2.45. The minimum Gasteiger partial charge on any atom is -0.335 e. The summed E-state index contributed by atoms with van der Waals surface area (Å²) in [4.78, 5) is 6.28. The molecule has 1 aliphatic heterocycles. The predicted octanol–water partition coefficient (Wildman–Crippen LogP) is -0.560. The molecule has 1 aromatic rings. The summed E-state index contributed by atoms with van der Waals surface area (Å²) in [5.41, 5.74) is 0. The van der Waals surface area contributed by atoms with Crippen molar-refractivity contribution in [2.45, 2.75) is 23.9 Å². The van der Waals surface area contributed by atoms with Crippen molar-refractivity contribution in [1.29, 1.82) is 0 Å². The van der Waals surface area contributed by atoms with Gasteiger partial charge in [0.05, 0.1) is 12.5 Å². The van der Waals surface area contributed by atoms with Crippen LogP contribution in [-0.4, -0.2) is 37.5 Å². The van der Waals surface area contributed by atoms with Gasteiger partial charge in [0.25, 0.3) is 10.0 Å². The van der Waals surface area contributed by atoms with Gasteiger partial charge in [-0.1, -0.05) is 0 Å². The maximum atomic E-state index is 11.8. The van der Waals surface area contributed by atoms with E-state index < -0.39 is 10.0 Å². The fourth-order valence-electron chi connectivity index (χ4n) is 1.63. The van der Waals surface area contributed by atoms with Crippen LogP contribution in [0.25, 0.3) is 0 Å². The van der Waals surface area contributed by atoms with E-state index in [-0.39, 0.29) is 11.1 Å². The number of rotatable bonds is 3. The minimum absolute atomic E-state index is 0.0213. The summed E-state index contributed by atoms with van der Waals surface area (Å²) in [6.07, 6.45) is 4.53. The molecule has 0 saturated carbocycles. The van der Waals surface area contributed by atoms with Crippen LogP contribution in [0.3, 0.4) is 0 Å². The Labute approximate surface area is 88.5 Å². The van der Waals surface area contributed by atoms with Gasteiger partial charge in [0, 0.05) is 12.6 Å². The van der Waals surface area contributed by atoms with Gasteiger partial charge in [0.2, 0.25) is 0 Å². The molecule has 1 fully saturated rings. The van der Waals surface area contributed by atoms with Crippen LogP contribution < -0.4 is 10.0 Å². The van der Waals surface area contributed by atoms with E-state index in [4.69, 9.17) is 0 Å². The van der Waals surface area contributed by atoms with Gasteiger partial charge in [0.1, 0.15) is 0 Å². The van der Waals surface area contributed by atoms with Gasteiger partial charge in [-0.3, -0.25) is 0 Å². The Morgan fingerprint density at radius 3 is 3.00 bits per heavy atom. The molecular formula is C8H14N4O2S. The number of hydrogen-bond donors (Lipinski definition) is 3. The van der Waals surface area contributed by atoms with E-state index in [1.54, 1.807) is 0 Å². The number of imidazole rings is 1. The molecule has 15 heavy (non-hydrogen) atoms. The van der Waals surface area contributed by atoms with Crippen LogP contribution in [0.2, 0.25) is 0 Å². The van der Waals surface area contributed by atoms with E-state index >= 15 is 0 Å². The maximum Gasteiger partial charge on any atom is 0.257 e. The highest BCUT2D eigenvalue weighted by molar-refractivity contribution is 7.89. The molecule has 84 valence electrons. The minimum atomic E-state index is -3.42. The second kappa shape index (κ2) is 4.30. The molecule has 0 radical (unpaired) electrons. The third-order valence-electron chi connectivity index (χ3n) is 2.38. The average Bonchev–Trinajstić information content (AvgIpc) is 2.71. The van der Waals surface area contributed by atoms with Gasteiger partial charge in [0.15, 0.2) is 5.03 Å². The van der Waals surface area contributed by atoms with Crippen LogP contribution in [0.15, 0.2) is 17.6 Å². The van der Waals surface area contributed by atoms with Gasteiger partial charge in [-0.15, -0.1) is 0 Å². The van der Waals surface area contributed by atoms with Crippen molar-refractivity contribution in [3.63, 3.8) is 0 Å². The van der Waals surface area contributed by atoms with Gasteiger partial charge in [-0.25, -0.2) is 18.1 Å². The highest BCUT2D eigenvalue weighted by Crippen LogP contribution is 2.07. The largest absolute Gasteiger partial charge is 0.335 e. The summed E-state index contributed by atoms with van der Waals surface area (Å²) in [6, 6.07) is -0.0213. The molecule has 7 heteroatoms. The average molecular weight is 230 g/mol. The third kappa shape index (κ3) is 2.55. The van der Waals surface area contributed by atoms with Gasteiger partial charge >= 0.3 is 0 Å². The van der Waals surface area contributed by atoms with Crippen molar-refractivity contribution in [1.82, 2.24) is 20.0 Å². The van der Waals surface area contributed by atoms with Crippen LogP contribution in [0.4, 0.5) is 0 Å². The molecule has 3 N–H and O–H groups in total. The first-order valence-corrected chi connectivity index (χ1v) is 6.38. The van der Waals surface area contributed by atoms with Crippen molar-refractivity contribution in [3.8, 4) is 0 Å². The second-order valence-corrected chi connectivity index (χ2v) is 5.26. The molecule has 1 aliphatic rings. The predicted molar refractivity (Wildman–Crippen MR) is 54.8 cm³/mol. The zero-order chi connectivity index (χ0) is 10.7. The molecule has 1 aromatic heterocycles. The SMILES string of the molecule is O=S(=O)(NC1CCCNC1)c1cnc[nH]1. The third-order valence-corrected chi connectivity index (χ3v) is 3.83. The fraction of sp³-hybridized carbons (Fsp3) is 0.625. The molecule has 6 nitrogen and oxygen atoms in total. The van der Waals surface area contributed by atoms with E-state index in [1.165, 1.54) is 12.5 Å². The lowest BCUT2D eigenvalue weighted by atomic mass is 10.1. The highest BCUT2D eigenvalue weighted by atomic mass is 32.2. The summed E-state index contributed by atoms with van der Waals surface area (Å²) in [5.74, 6) is 0. The van der Waals surface area contributed by atoms with E-state index in [0.717, 1.165) is 19.4 Å². The number of hydrogen-bond acceptors (Lipinski definition) is 4. The Hall–Kier alpha value is -0.920. The Bertz CT molecular complexity index is 394. The van der Waals surface area contributed by atoms with E-state index in [0.29, 0.717) is 6.54 Å². The topological polar surface area (TPSA) is 86.9 Å². The Balaban J connectivity index is 2.04. The quantitative estimate of drug-likeness (QED) is 0.649. The summed E-state index contributed by atoms with van der Waals surface area (Å²) in [5, 5.41) is 3.27. The molecular weight excluding hydrogens is 216 g/mol. The lowest BCUT2D eigenvalue weighted by molar-refractivity contribution is 0.428. The fourth-order valence-corrected chi connectivity index (χ4v) is 2.80. The second-order valence-electron chi connectivity index (χ2n) is 3.58. The molecule has 0 bridgehead atoms. The molecule has 0 amide bonds. The molecule has 0 spiro atoms. The smallest absolute Gasteiger partial charge is 0.257 e. The van der Waals surface area contributed by atoms with Gasteiger partial charge in [-0.2, -0.15) is 0 Å². The zero-order valence-electron chi connectivity index (χ0n) is 8.23. The Morgan fingerprint density at radius 1 is 1.53 bits per heavy atom. The molecule has 2 heterocycles. The molecule has 1 unspecified atom stereocenters. The first kappa shape index (κ1) is 10.6. The van der Waals surface area contributed by atoms with Crippen LogP contribution in [0.5, 0.6) is 0 Å². The molecule has 1 saturated heterocycles. The maximum absolute atomic E-state index is 11.8. The van der Waals surface area contributed by atoms with Crippen molar-refractivity contribution >= 4 is 10.0 Å². The number of aromatic amines is 1. The van der Waals surface area contributed by atoms with Crippen molar-refractivity contribution in [2.24, 2.45) is 0 Å². The first-order chi connectivity index (χ1) is 7.18. The van der Waals surface area contributed by atoms with Crippen LogP contribution in [-0.2, 0) is 10.0 Å². The van der Waals surface area contributed by atoms with Crippen LogP contribution >= 0.6 is 0 Å². The molecule has 1 atom stereocenters. The van der Waals surface area contributed by atoms with Crippen molar-refractivity contribution < 1.29 is 8.42 Å². The first-order valence-electron chi connectivity index (χ1n) is 4.90. The van der Waals surface area contributed by atoms with Gasteiger partial charge in [-0.05, 0) is 19.4 Å². The molecule has 0 aromatic carbocycles. The standard InChI is InChI=1S/C8H14N4O2S/c13-15(14,8-5-10-6-11-8)12-7-2-1-3-9-4-7/h5-7,9,12H,1-4H2,(H,10,11). The number of nitrogens with one attached hydrogen (secondary N) is 3. The summed E-state index contributed by atoms with van der Waals surface area (Å²) in [6.45, 7) is 1.65. The number of H-pyrrole nitrogens is 1. The van der Waals surface area contributed by atoms with Gasteiger partial charge < -0.3 is 10.3 Å². The number of sulfonamides is 1.